The first-order valence-corrected chi connectivity index (χ1v) is 7.58. The SMILES string of the molecule is CCCOc1ccc(OC2CC(C)(C)CCC2O)cc1. The van der Waals surface area contributed by atoms with Gasteiger partial charge in [-0.2, -0.15) is 0 Å². The van der Waals surface area contributed by atoms with Crippen molar-refractivity contribution in [2.45, 2.75) is 58.7 Å². The molecule has 0 aliphatic heterocycles. The summed E-state index contributed by atoms with van der Waals surface area (Å²) < 4.78 is 11.5. The summed E-state index contributed by atoms with van der Waals surface area (Å²) >= 11 is 0. The second kappa shape index (κ2) is 6.49. The Morgan fingerprint density at radius 2 is 1.85 bits per heavy atom. The quantitative estimate of drug-likeness (QED) is 0.890. The molecule has 1 fully saturated rings. The predicted octanol–water partition coefficient (Wildman–Crippen LogP) is 3.79. The minimum absolute atomic E-state index is 0.110. The van der Waals surface area contributed by atoms with Crippen LogP contribution in [0.3, 0.4) is 0 Å². The molecule has 1 saturated carbocycles. The smallest absolute Gasteiger partial charge is 0.125 e. The van der Waals surface area contributed by atoms with Crippen molar-refractivity contribution in [3.05, 3.63) is 24.3 Å². The molecule has 3 nitrogen and oxygen atoms in total. The highest BCUT2D eigenvalue weighted by molar-refractivity contribution is 5.31. The van der Waals surface area contributed by atoms with Crippen LogP contribution in [0.4, 0.5) is 0 Å². The number of hydrogen-bond donors (Lipinski definition) is 1. The van der Waals surface area contributed by atoms with Crippen LogP contribution in [-0.2, 0) is 0 Å². The molecule has 1 aromatic rings. The third-order valence-electron chi connectivity index (χ3n) is 3.88. The van der Waals surface area contributed by atoms with Gasteiger partial charge in [-0.05, 0) is 55.4 Å². The van der Waals surface area contributed by atoms with E-state index in [0.29, 0.717) is 0 Å². The monoisotopic (exact) mass is 278 g/mol. The molecule has 0 radical (unpaired) electrons. The summed E-state index contributed by atoms with van der Waals surface area (Å²) in [4.78, 5) is 0. The van der Waals surface area contributed by atoms with E-state index in [4.69, 9.17) is 9.47 Å². The molecule has 1 aliphatic rings. The Labute approximate surface area is 121 Å². The lowest BCUT2D eigenvalue weighted by Gasteiger charge is -2.38. The topological polar surface area (TPSA) is 38.7 Å². The van der Waals surface area contributed by atoms with Crippen molar-refractivity contribution >= 4 is 0 Å². The number of ether oxygens (including phenoxy) is 2. The van der Waals surface area contributed by atoms with E-state index >= 15 is 0 Å². The van der Waals surface area contributed by atoms with Crippen LogP contribution in [0.25, 0.3) is 0 Å². The molecule has 3 heteroatoms. The first-order chi connectivity index (χ1) is 9.50. The number of rotatable bonds is 5. The Morgan fingerprint density at radius 1 is 1.20 bits per heavy atom. The zero-order valence-corrected chi connectivity index (χ0v) is 12.8. The minimum atomic E-state index is -0.362. The van der Waals surface area contributed by atoms with Crippen molar-refractivity contribution in [3.63, 3.8) is 0 Å². The van der Waals surface area contributed by atoms with E-state index < -0.39 is 0 Å². The molecular weight excluding hydrogens is 252 g/mol. The van der Waals surface area contributed by atoms with Crippen LogP contribution in [-0.4, -0.2) is 23.9 Å². The van der Waals surface area contributed by atoms with Gasteiger partial charge in [0.1, 0.15) is 17.6 Å². The zero-order valence-electron chi connectivity index (χ0n) is 12.8. The predicted molar refractivity (Wildman–Crippen MR) is 80.3 cm³/mol. The largest absolute Gasteiger partial charge is 0.494 e. The second-order valence-corrected chi connectivity index (χ2v) is 6.45. The molecule has 2 atom stereocenters. The van der Waals surface area contributed by atoms with Crippen LogP contribution in [0.1, 0.15) is 46.5 Å². The first kappa shape index (κ1) is 15.2. The molecule has 0 aromatic heterocycles. The highest BCUT2D eigenvalue weighted by Crippen LogP contribution is 2.37. The summed E-state index contributed by atoms with van der Waals surface area (Å²) in [5, 5.41) is 10.1. The third-order valence-corrected chi connectivity index (χ3v) is 3.88. The van der Waals surface area contributed by atoms with Crippen LogP contribution in [0.15, 0.2) is 24.3 Å². The van der Waals surface area contributed by atoms with Crippen LogP contribution < -0.4 is 9.47 Å². The molecule has 0 bridgehead atoms. The highest BCUT2D eigenvalue weighted by Gasteiger charge is 2.35. The molecule has 112 valence electrons. The normalized spacial score (nSPS) is 25.2. The van der Waals surface area contributed by atoms with Crippen molar-refractivity contribution in [3.8, 4) is 11.5 Å². The van der Waals surface area contributed by atoms with Gasteiger partial charge in [0.15, 0.2) is 0 Å². The highest BCUT2D eigenvalue weighted by atomic mass is 16.5. The molecule has 20 heavy (non-hydrogen) atoms. The molecule has 0 amide bonds. The van der Waals surface area contributed by atoms with Crippen molar-refractivity contribution in [1.82, 2.24) is 0 Å². The zero-order chi connectivity index (χ0) is 14.6. The Hall–Kier alpha value is -1.22. The molecule has 0 saturated heterocycles. The lowest BCUT2D eigenvalue weighted by molar-refractivity contribution is -0.0304. The van der Waals surface area contributed by atoms with Gasteiger partial charge < -0.3 is 14.6 Å². The summed E-state index contributed by atoms with van der Waals surface area (Å²) in [6, 6.07) is 7.68. The van der Waals surface area contributed by atoms with E-state index in [-0.39, 0.29) is 17.6 Å². The number of benzene rings is 1. The lowest BCUT2D eigenvalue weighted by Crippen LogP contribution is -2.41. The Kier molecular flexibility index (Phi) is 4.92. The average Bonchev–Trinajstić information content (AvgIpc) is 2.42. The molecule has 0 heterocycles. The van der Waals surface area contributed by atoms with Crippen LogP contribution in [0, 0.1) is 5.41 Å². The number of aliphatic hydroxyl groups excluding tert-OH is 1. The van der Waals surface area contributed by atoms with Crippen molar-refractivity contribution in [2.24, 2.45) is 5.41 Å². The van der Waals surface area contributed by atoms with E-state index in [2.05, 4.69) is 20.8 Å². The Morgan fingerprint density at radius 3 is 2.50 bits per heavy atom. The van der Waals surface area contributed by atoms with Crippen molar-refractivity contribution in [2.75, 3.05) is 6.61 Å². The van der Waals surface area contributed by atoms with Crippen LogP contribution in [0.5, 0.6) is 11.5 Å². The third kappa shape index (κ3) is 4.14. The molecule has 1 N–H and O–H groups in total. The van der Waals surface area contributed by atoms with E-state index in [1.807, 2.05) is 24.3 Å². The van der Waals surface area contributed by atoms with E-state index in [0.717, 1.165) is 43.8 Å². The van der Waals surface area contributed by atoms with Gasteiger partial charge in [0.05, 0.1) is 12.7 Å². The second-order valence-electron chi connectivity index (χ2n) is 6.45. The van der Waals surface area contributed by atoms with Gasteiger partial charge >= 0.3 is 0 Å². The molecule has 0 spiro atoms. The maximum absolute atomic E-state index is 10.1. The summed E-state index contributed by atoms with van der Waals surface area (Å²) in [5.74, 6) is 1.67. The average molecular weight is 278 g/mol. The maximum atomic E-state index is 10.1. The molecule has 2 unspecified atom stereocenters. The first-order valence-electron chi connectivity index (χ1n) is 7.58. The summed E-state index contributed by atoms with van der Waals surface area (Å²) in [5.41, 5.74) is 0.244. The van der Waals surface area contributed by atoms with Gasteiger partial charge in [0.25, 0.3) is 0 Å². The fraction of sp³-hybridized carbons (Fsp3) is 0.647. The molecular formula is C17H26O3. The molecule has 1 aromatic carbocycles. The molecule has 2 rings (SSSR count). The van der Waals surface area contributed by atoms with Gasteiger partial charge in [0.2, 0.25) is 0 Å². The van der Waals surface area contributed by atoms with Crippen molar-refractivity contribution in [1.29, 1.82) is 0 Å². The van der Waals surface area contributed by atoms with Gasteiger partial charge in [0, 0.05) is 0 Å². The van der Waals surface area contributed by atoms with E-state index in [1.54, 1.807) is 0 Å². The van der Waals surface area contributed by atoms with E-state index in [1.165, 1.54) is 0 Å². The summed E-state index contributed by atoms with van der Waals surface area (Å²) in [6.07, 6.45) is 3.29. The van der Waals surface area contributed by atoms with Gasteiger partial charge in [-0.3, -0.25) is 0 Å². The Balaban J connectivity index is 1.95. The maximum Gasteiger partial charge on any atom is 0.125 e. The van der Waals surface area contributed by atoms with Crippen molar-refractivity contribution < 1.29 is 14.6 Å². The van der Waals surface area contributed by atoms with Gasteiger partial charge in [-0.1, -0.05) is 20.8 Å². The summed E-state index contributed by atoms with van der Waals surface area (Å²) in [6.45, 7) is 7.29. The number of hydrogen-bond acceptors (Lipinski definition) is 3. The minimum Gasteiger partial charge on any atom is -0.494 e. The Bertz CT molecular complexity index is 411. The number of aliphatic hydroxyl groups is 1. The van der Waals surface area contributed by atoms with E-state index in [9.17, 15) is 5.11 Å². The van der Waals surface area contributed by atoms with Crippen LogP contribution >= 0.6 is 0 Å². The fourth-order valence-electron chi connectivity index (χ4n) is 2.64. The van der Waals surface area contributed by atoms with Gasteiger partial charge in [-0.25, -0.2) is 0 Å². The lowest BCUT2D eigenvalue weighted by atomic mass is 9.75. The van der Waals surface area contributed by atoms with Crippen LogP contribution in [0.2, 0.25) is 0 Å². The van der Waals surface area contributed by atoms with Gasteiger partial charge in [-0.15, -0.1) is 0 Å². The molecule has 1 aliphatic carbocycles. The fourth-order valence-corrected chi connectivity index (χ4v) is 2.64. The summed E-state index contributed by atoms with van der Waals surface area (Å²) in [7, 11) is 0. The standard InChI is InChI=1S/C17H26O3/c1-4-11-19-13-5-7-14(8-6-13)20-16-12-17(2,3)10-9-15(16)18/h5-8,15-16,18H,4,9-12H2,1-3H3.